The first-order valence-corrected chi connectivity index (χ1v) is 6.21. The summed E-state index contributed by atoms with van der Waals surface area (Å²) in [6.07, 6.45) is 3.36. The third-order valence-corrected chi connectivity index (χ3v) is 3.99. The summed E-state index contributed by atoms with van der Waals surface area (Å²) in [4.78, 5) is 5.50. The Labute approximate surface area is 94.1 Å². The van der Waals surface area contributed by atoms with Gasteiger partial charge in [-0.1, -0.05) is 6.42 Å². The fourth-order valence-corrected chi connectivity index (χ4v) is 2.81. The Kier molecular flexibility index (Phi) is 3.34. The molecule has 2 rings (SSSR count). The zero-order valence-corrected chi connectivity index (χ0v) is 9.68. The van der Waals surface area contributed by atoms with Gasteiger partial charge in [-0.05, 0) is 19.8 Å². The smallest absolute Gasteiger partial charge is 0.0798 e. The number of aromatic nitrogens is 1. The lowest BCUT2D eigenvalue weighted by Gasteiger charge is -2.14. The van der Waals surface area contributed by atoms with Crippen molar-refractivity contribution < 1.29 is 0 Å². The summed E-state index contributed by atoms with van der Waals surface area (Å²) >= 11 is 1.69. The first-order valence-electron chi connectivity index (χ1n) is 5.33. The van der Waals surface area contributed by atoms with Gasteiger partial charge in [0.1, 0.15) is 0 Å². The average Bonchev–Trinajstić information content (AvgIpc) is 2.83. The fraction of sp³-hybridized carbons (Fsp3) is 0.636. The number of nitrogens with zero attached hydrogens (tertiary/aromatic N) is 2. The zero-order chi connectivity index (χ0) is 10.7. The first kappa shape index (κ1) is 10.6. The third kappa shape index (κ3) is 2.36. The van der Waals surface area contributed by atoms with Crippen LogP contribution in [0, 0.1) is 24.2 Å². The highest BCUT2D eigenvalue weighted by atomic mass is 32.1. The van der Waals surface area contributed by atoms with Gasteiger partial charge in [-0.15, -0.1) is 11.3 Å². The standard InChI is InChI=1S/C11H15N3S/c1-8-11(15-7-14-8)6-13-10-4-2-3-9(10)5-12/h7,9-10,13H,2-4,6H2,1H3. The first-order chi connectivity index (χ1) is 7.31. The van der Waals surface area contributed by atoms with Gasteiger partial charge >= 0.3 is 0 Å². The maximum atomic E-state index is 8.95. The second kappa shape index (κ2) is 4.73. The Hall–Kier alpha value is -0.920. The van der Waals surface area contributed by atoms with E-state index in [2.05, 4.69) is 16.4 Å². The SMILES string of the molecule is Cc1ncsc1CNC1CCCC1C#N. The van der Waals surface area contributed by atoms with E-state index in [0.717, 1.165) is 25.1 Å². The largest absolute Gasteiger partial charge is 0.308 e. The Balaban J connectivity index is 1.89. The number of hydrogen-bond donors (Lipinski definition) is 1. The van der Waals surface area contributed by atoms with Crippen LogP contribution in [-0.4, -0.2) is 11.0 Å². The molecule has 0 amide bonds. The number of aryl methyl sites for hydroxylation is 1. The minimum Gasteiger partial charge on any atom is -0.308 e. The van der Waals surface area contributed by atoms with Crippen LogP contribution in [-0.2, 0) is 6.54 Å². The second-order valence-electron chi connectivity index (χ2n) is 4.01. The molecule has 1 aliphatic rings. The van der Waals surface area contributed by atoms with Crippen LogP contribution in [0.4, 0.5) is 0 Å². The molecule has 80 valence electrons. The fourth-order valence-electron chi connectivity index (χ4n) is 2.08. The molecule has 1 aromatic rings. The van der Waals surface area contributed by atoms with Crippen molar-refractivity contribution in [2.75, 3.05) is 0 Å². The van der Waals surface area contributed by atoms with Crippen LogP contribution in [0.5, 0.6) is 0 Å². The minimum atomic E-state index is 0.207. The second-order valence-corrected chi connectivity index (χ2v) is 4.95. The van der Waals surface area contributed by atoms with Crippen LogP contribution in [0.3, 0.4) is 0 Å². The molecule has 0 spiro atoms. The molecule has 15 heavy (non-hydrogen) atoms. The molecule has 1 aliphatic carbocycles. The van der Waals surface area contributed by atoms with Crippen molar-refractivity contribution in [2.24, 2.45) is 5.92 Å². The van der Waals surface area contributed by atoms with Crippen molar-refractivity contribution in [1.29, 1.82) is 5.26 Å². The molecule has 1 aromatic heterocycles. The van der Waals surface area contributed by atoms with Crippen LogP contribution >= 0.6 is 11.3 Å². The predicted octanol–water partition coefficient (Wildman–Crippen LogP) is 2.23. The van der Waals surface area contributed by atoms with E-state index in [1.165, 1.54) is 11.3 Å². The molecular formula is C11H15N3S. The quantitative estimate of drug-likeness (QED) is 0.851. The van der Waals surface area contributed by atoms with Crippen molar-refractivity contribution in [3.63, 3.8) is 0 Å². The molecule has 3 nitrogen and oxygen atoms in total. The highest BCUT2D eigenvalue weighted by Crippen LogP contribution is 2.25. The van der Waals surface area contributed by atoms with E-state index < -0.39 is 0 Å². The summed E-state index contributed by atoms with van der Waals surface area (Å²) in [6, 6.07) is 2.77. The number of nitriles is 1. The van der Waals surface area contributed by atoms with Crippen LogP contribution in [0.2, 0.25) is 0 Å². The van der Waals surface area contributed by atoms with Crippen LogP contribution < -0.4 is 5.32 Å². The van der Waals surface area contributed by atoms with Gasteiger partial charge < -0.3 is 5.32 Å². The van der Waals surface area contributed by atoms with E-state index in [4.69, 9.17) is 5.26 Å². The van der Waals surface area contributed by atoms with Gasteiger partial charge in [-0.2, -0.15) is 5.26 Å². The van der Waals surface area contributed by atoms with Gasteiger partial charge in [0.25, 0.3) is 0 Å². The van der Waals surface area contributed by atoms with E-state index >= 15 is 0 Å². The van der Waals surface area contributed by atoms with Gasteiger partial charge in [0.2, 0.25) is 0 Å². The Bertz CT molecular complexity index is 366. The molecule has 0 aromatic carbocycles. The molecular weight excluding hydrogens is 206 g/mol. The summed E-state index contributed by atoms with van der Waals surface area (Å²) < 4.78 is 0. The number of thiazole rings is 1. The van der Waals surface area contributed by atoms with E-state index in [0.29, 0.717) is 6.04 Å². The van der Waals surface area contributed by atoms with Gasteiger partial charge in [0, 0.05) is 17.5 Å². The summed E-state index contributed by atoms with van der Waals surface area (Å²) in [6.45, 7) is 2.89. The highest BCUT2D eigenvalue weighted by Gasteiger charge is 2.26. The average molecular weight is 221 g/mol. The molecule has 0 aliphatic heterocycles. The van der Waals surface area contributed by atoms with E-state index in [1.807, 2.05) is 12.4 Å². The van der Waals surface area contributed by atoms with Crippen LogP contribution in [0.1, 0.15) is 29.8 Å². The molecule has 2 atom stereocenters. The van der Waals surface area contributed by atoms with Crippen LogP contribution in [0.25, 0.3) is 0 Å². The van der Waals surface area contributed by atoms with E-state index in [9.17, 15) is 0 Å². The minimum absolute atomic E-state index is 0.207. The van der Waals surface area contributed by atoms with E-state index in [1.54, 1.807) is 11.3 Å². The molecule has 0 radical (unpaired) electrons. The Morgan fingerprint density at radius 2 is 2.53 bits per heavy atom. The molecule has 4 heteroatoms. The zero-order valence-electron chi connectivity index (χ0n) is 8.86. The summed E-state index contributed by atoms with van der Waals surface area (Å²) in [7, 11) is 0. The summed E-state index contributed by atoms with van der Waals surface area (Å²) in [5.74, 6) is 0.207. The molecule has 0 bridgehead atoms. The maximum absolute atomic E-state index is 8.95. The highest BCUT2D eigenvalue weighted by molar-refractivity contribution is 7.09. The summed E-state index contributed by atoms with van der Waals surface area (Å²) in [5.41, 5.74) is 2.99. The van der Waals surface area contributed by atoms with Crippen LogP contribution in [0.15, 0.2) is 5.51 Å². The maximum Gasteiger partial charge on any atom is 0.0798 e. The molecule has 1 heterocycles. The van der Waals surface area contributed by atoms with Gasteiger partial charge in [0.15, 0.2) is 0 Å². The Morgan fingerprint density at radius 3 is 3.20 bits per heavy atom. The van der Waals surface area contributed by atoms with E-state index in [-0.39, 0.29) is 5.92 Å². The molecule has 1 N–H and O–H groups in total. The van der Waals surface area contributed by atoms with Crippen molar-refractivity contribution >= 4 is 11.3 Å². The molecule has 1 fully saturated rings. The number of hydrogen-bond acceptors (Lipinski definition) is 4. The number of rotatable bonds is 3. The molecule has 2 unspecified atom stereocenters. The predicted molar refractivity (Wildman–Crippen MR) is 60.4 cm³/mol. The van der Waals surface area contributed by atoms with Crippen molar-refractivity contribution in [1.82, 2.24) is 10.3 Å². The lowest BCUT2D eigenvalue weighted by Crippen LogP contribution is -2.31. The topological polar surface area (TPSA) is 48.7 Å². The van der Waals surface area contributed by atoms with Crippen molar-refractivity contribution in [3.05, 3.63) is 16.1 Å². The normalized spacial score (nSPS) is 25.3. The molecule has 1 saturated carbocycles. The monoisotopic (exact) mass is 221 g/mol. The number of nitrogens with one attached hydrogen (secondary N) is 1. The lowest BCUT2D eigenvalue weighted by molar-refractivity contribution is 0.466. The summed E-state index contributed by atoms with van der Waals surface area (Å²) in [5, 5.41) is 12.4. The van der Waals surface area contributed by atoms with Gasteiger partial charge in [-0.25, -0.2) is 4.98 Å². The van der Waals surface area contributed by atoms with Gasteiger partial charge in [-0.3, -0.25) is 0 Å². The lowest BCUT2D eigenvalue weighted by atomic mass is 10.1. The third-order valence-electron chi connectivity index (χ3n) is 3.05. The van der Waals surface area contributed by atoms with Crippen molar-refractivity contribution in [3.8, 4) is 6.07 Å². The van der Waals surface area contributed by atoms with Crippen molar-refractivity contribution in [2.45, 2.75) is 38.8 Å². The Morgan fingerprint density at radius 1 is 1.67 bits per heavy atom. The molecule has 0 saturated heterocycles. The van der Waals surface area contributed by atoms with Gasteiger partial charge in [0.05, 0.1) is 23.2 Å².